The van der Waals surface area contributed by atoms with Crippen LogP contribution < -0.4 is 11.1 Å². The molecule has 0 aromatic carbocycles. The van der Waals surface area contributed by atoms with Crippen molar-refractivity contribution in [2.24, 2.45) is 11.7 Å². The predicted octanol–water partition coefficient (Wildman–Crippen LogP) is -0.541. The summed E-state index contributed by atoms with van der Waals surface area (Å²) in [6.07, 6.45) is 3.61. The highest BCUT2D eigenvalue weighted by molar-refractivity contribution is 7.99. The molecule has 2 aliphatic rings. The Bertz CT molecular complexity index is 308. The zero-order chi connectivity index (χ0) is 13.2. The first kappa shape index (κ1) is 14.1. The van der Waals surface area contributed by atoms with Crippen LogP contribution in [0.4, 0.5) is 0 Å². The van der Waals surface area contributed by atoms with Crippen molar-refractivity contribution in [2.75, 3.05) is 18.1 Å². The van der Waals surface area contributed by atoms with Crippen LogP contribution in [0.3, 0.4) is 0 Å². The smallest absolute Gasteiger partial charge is 0.238 e. The fraction of sp³-hybridized carbons (Fsp3) is 0.917. The predicted molar refractivity (Wildman–Crippen MR) is 71.2 cm³/mol. The van der Waals surface area contributed by atoms with E-state index in [0.717, 1.165) is 25.7 Å². The Balaban J connectivity index is 1.92. The Morgan fingerprint density at radius 2 is 2.11 bits per heavy atom. The number of hydrogen-bond donors (Lipinski definition) is 4. The second-order valence-electron chi connectivity index (χ2n) is 5.38. The topological polar surface area (TPSA) is 95.6 Å². The molecule has 2 aliphatic carbocycles. The molecule has 0 saturated heterocycles. The third kappa shape index (κ3) is 3.38. The minimum Gasteiger partial charge on any atom is -0.394 e. The van der Waals surface area contributed by atoms with E-state index >= 15 is 0 Å². The average molecular weight is 274 g/mol. The minimum absolute atomic E-state index is 0.240. The van der Waals surface area contributed by atoms with Gasteiger partial charge in [-0.05, 0) is 31.6 Å². The minimum atomic E-state index is -0.722. The van der Waals surface area contributed by atoms with Gasteiger partial charge in [0.1, 0.15) is 5.54 Å². The lowest BCUT2D eigenvalue weighted by molar-refractivity contribution is -0.124. The van der Waals surface area contributed by atoms with Crippen LogP contribution >= 0.6 is 11.8 Å². The van der Waals surface area contributed by atoms with Crippen molar-refractivity contribution in [1.29, 1.82) is 0 Å². The molecule has 0 aromatic rings. The molecular formula is C12H22N2O3S. The zero-order valence-corrected chi connectivity index (χ0v) is 11.3. The van der Waals surface area contributed by atoms with E-state index < -0.39 is 11.6 Å². The molecule has 0 aliphatic heterocycles. The molecule has 5 N–H and O–H groups in total. The molecule has 2 saturated carbocycles. The van der Waals surface area contributed by atoms with Crippen LogP contribution in [0.1, 0.15) is 25.7 Å². The first-order chi connectivity index (χ1) is 8.58. The van der Waals surface area contributed by atoms with Gasteiger partial charge in [-0.25, -0.2) is 0 Å². The van der Waals surface area contributed by atoms with Gasteiger partial charge < -0.3 is 15.9 Å². The monoisotopic (exact) mass is 274 g/mol. The van der Waals surface area contributed by atoms with E-state index in [1.54, 1.807) is 0 Å². The highest BCUT2D eigenvalue weighted by Gasteiger charge is 2.51. The number of rotatable bonds is 9. The number of aliphatic hydroxyl groups is 2. The molecule has 2 atom stereocenters. The first-order valence-corrected chi connectivity index (χ1v) is 7.68. The second kappa shape index (κ2) is 5.77. The molecule has 2 rings (SSSR count). The Hall–Kier alpha value is -0.300. The van der Waals surface area contributed by atoms with Crippen molar-refractivity contribution in [2.45, 2.75) is 43.4 Å². The van der Waals surface area contributed by atoms with E-state index in [2.05, 4.69) is 5.32 Å². The summed E-state index contributed by atoms with van der Waals surface area (Å²) in [6.45, 7) is -0.240. The summed E-state index contributed by atoms with van der Waals surface area (Å²) in [5.41, 5.74) is 5.00. The number of carbonyl (C=O) groups is 1. The molecule has 1 amide bonds. The van der Waals surface area contributed by atoms with E-state index in [1.165, 1.54) is 11.8 Å². The van der Waals surface area contributed by atoms with E-state index in [-0.39, 0.29) is 12.5 Å². The summed E-state index contributed by atoms with van der Waals surface area (Å²) in [5.74, 6) is 1.09. The van der Waals surface area contributed by atoms with Crippen molar-refractivity contribution >= 4 is 17.7 Å². The van der Waals surface area contributed by atoms with Gasteiger partial charge >= 0.3 is 0 Å². The van der Waals surface area contributed by atoms with Crippen LogP contribution in [-0.4, -0.2) is 51.9 Å². The van der Waals surface area contributed by atoms with Crippen LogP contribution in [0, 0.1) is 5.92 Å². The summed E-state index contributed by atoms with van der Waals surface area (Å²) in [4.78, 5) is 11.8. The summed E-state index contributed by atoms with van der Waals surface area (Å²) >= 11 is 1.49. The van der Waals surface area contributed by atoms with Crippen molar-refractivity contribution < 1.29 is 15.0 Å². The van der Waals surface area contributed by atoms with Gasteiger partial charge in [0.25, 0.3) is 0 Å². The van der Waals surface area contributed by atoms with Crippen molar-refractivity contribution in [3.63, 3.8) is 0 Å². The number of primary amides is 1. The average Bonchev–Trinajstić information content (AvgIpc) is 3.18. The molecule has 0 bridgehead atoms. The van der Waals surface area contributed by atoms with Gasteiger partial charge in [-0.3, -0.25) is 10.1 Å². The van der Waals surface area contributed by atoms with E-state index in [9.17, 15) is 9.90 Å². The number of amides is 1. The van der Waals surface area contributed by atoms with Gasteiger partial charge in [-0.1, -0.05) is 0 Å². The molecule has 104 valence electrons. The normalized spacial score (nSPS) is 24.6. The largest absolute Gasteiger partial charge is 0.394 e. The number of carbonyl (C=O) groups excluding carboxylic acids is 1. The number of nitrogens with one attached hydrogen (secondary N) is 1. The van der Waals surface area contributed by atoms with Gasteiger partial charge in [0.2, 0.25) is 5.91 Å². The Morgan fingerprint density at radius 3 is 2.56 bits per heavy atom. The van der Waals surface area contributed by atoms with Gasteiger partial charge in [0.15, 0.2) is 0 Å². The van der Waals surface area contributed by atoms with Crippen molar-refractivity contribution in [3.05, 3.63) is 0 Å². The first-order valence-electron chi connectivity index (χ1n) is 6.52. The SMILES string of the molecule is NC(=O)C(CSCC(O)CO)(NC1CC1)C1CC1. The fourth-order valence-electron chi connectivity index (χ4n) is 2.20. The lowest BCUT2D eigenvalue weighted by Gasteiger charge is -2.32. The molecule has 0 heterocycles. The molecule has 0 radical (unpaired) electrons. The highest BCUT2D eigenvalue weighted by atomic mass is 32.2. The van der Waals surface area contributed by atoms with E-state index in [1.807, 2.05) is 0 Å². The third-order valence-corrected chi connectivity index (χ3v) is 4.88. The van der Waals surface area contributed by atoms with E-state index in [0.29, 0.717) is 23.5 Å². The van der Waals surface area contributed by atoms with Crippen LogP contribution in [0.2, 0.25) is 0 Å². The molecule has 5 nitrogen and oxygen atoms in total. The van der Waals surface area contributed by atoms with Crippen LogP contribution in [0.15, 0.2) is 0 Å². The molecule has 2 unspecified atom stereocenters. The Morgan fingerprint density at radius 1 is 1.44 bits per heavy atom. The van der Waals surface area contributed by atoms with Gasteiger partial charge in [0, 0.05) is 17.5 Å². The number of thioether (sulfide) groups is 1. The highest BCUT2D eigenvalue weighted by Crippen LogP contribution is 2.43. The van der Waals surface area contributed by atoms with Crippen LogP contribution in [-0.2, 0) is 4.79 Å². The third-order valence-electron chi connectivity index (χ3n) is 3.60. The number of aliphatic hydroxyl groups excluding tert-OH is 2. The molecule has 18 heavy (non-hydrogen) atoms. The summed E-state index contributed by atoms with van der Waals surface area (Å²) in [6, 6.07) is 0.432. The van der Waals surface area contributed by atoms with Gasteiger partial charge in [0.05, 0.1) is 12.7 Å². The molecule has 2 fully saturated rings. The summed E-state index contributed by atoms with van der Waals surface area (Å²) in [5, 5.41) is 21.5. The lowest BCUT2D eigenvalue weighted by Crippen LogP contribution is -2.60. The molecule has 6 heteroatoms. The maximum Gasteiger partial charge on any atom is 0.238 e. The molecular weight excluding hydrogens is 252 g/mol. The van der Waals surface area contributed by atoms with Gasteiger partial charge in [-0.2, -0.15) is 11.8 Å². The van der Waals surface area contributed by atoms with Gasteiger partial charge in [-0.15, -0.1) is 0 Å². The Labute approximate surface area is 112 Å². The molecule has 0 spiro atoms. The van der Waals surface area contributed by atoms with Crippen molar-refractivity contribution in [3.8, 4) is 0 Å². The fourth-order valence-corrected chi connectivity index (χ4v) is 3.48. The van der Waals surface area contributed by atoms with E-state index in [4.69, 9.17) is 10.8 Å². The van der Waals surface area contributed by atoms with Crippen LogP contribution in [0.25, 0.3) is 0 Å². The maximum atomic E-state index is 11.8. The second-order valence-corrected chi connectivity index (χ2v) is 6.41. The summed E-state index contributed by atoms with van der Waals surface area (Å²) in [7, 11) is 0. The van der Waals surface area contributed by atoms with Crippen LogP contribution in [0.5, 0.6) is 0 Å². The lowest BCUT2D eigenvalue weighted by atomic mass is 9.94. The quantitative estimate of drug-likeness (QED) is 0.453. The number of hydrogen-bond acceptors (Lipinski definition) is 5. The maximum absolute atomic E-state index is 11.8. The zero-order valence-electron chi connectivity index (χ0n) is 10.5. The standard InChI is InChI=1S/C12H22N2O3S/c13-11(17)12(8-1-2-8,14-9-3-4-9)7-18-6-10(16)5-15/h8-10,14-16H,1-7H2,(H2,13,17). The Kier molecular flexibility index (Phi) is 4.53. The van der Waals surface area contributed by atoms with Crippen molar-refractivity contribution in [1.82, 2.24) is 5.32 Å². The number of nitrogens with two attached hydrogens (primary N) is 1. The summed E-state index contributed by atoms with van der Waals surface area (Å²) < 4.78 is 0. The molecule has 0 aromatic heterocycles.